The number of fused-ring (bicyclic) bond motifs is 3. The average Bonchev–Trinajstić information content (AvgIpc) is 2.91. The van der Waals surface area contributed by atoms with Gasteiger partial charge in [-0.2, -0.15) is 0 Å². The molecule has 2 saturated heterocycles. The molecule has 3 aliphatic rings. The van der Waals surface area contributed by atoms with Crippen LogP contribution in [0, 0.1) is 17.3 Å². The van der Waals surface area contributed by atoms with E-state index in [1.807, 2.05) is 30.3 Å². The number of benzene rings is 1. The molecular weight excluding hydrogens is 226 g/mol. The molecule has 1 aromatic carbocycles. The highest BCUT2D eigenvalue weighted by atomic mass is 16.5. The fraction of sp³-hybridized carbons (Fsp3) is 0.533. The molecule has 1 aliphatic carbocycles. The molecule has 94 valence electrons. The van der Waals surface area contributed by atoms with Crippen molar-refractivity contribution in [2.75, 3.05) is 6.61 Å². The van der Waals surface area contributed by atoms with Gasteiger partial charge in [-0.05, 0) is 11.3 Å². The molecule has 0 bridgehead atoms. The molecular formula is C15H17NO2. The van der Waals surface area contributed by atoms with Gasteiger partial charge in [0, 0.05) is 19.7 Å². The van der Waals surface area contributed by atoms with E-state index in [-0.39, 0.29) is 6.61 Å². The molecule has 3 nitrogen and oxygen atoms in total. The Kier molecular flexibility index (Phi) is 1.08. The fourth-order valence-corrected chi connectivity index (χ4v) is 3.40. The van der Waals surface area contributed by atoms with Crippen molar-refractivity contribution in [3.05, 3.63) is 35.9 Å². The molecule has 1 aromatic rings. The van der Waals surface area contributed by atoms with Crippen molar-refractivity contribution in [3.8, 4) is 0 Å². The number of rotatable bonds is 1. The Balaban J connectivity index is 1.71. The van der Waals surface area contributed by atoms with Crippen LogP contribution in [0.2, 0.25) is 0 Å². The highest BCUT2D eigenvalue weighted by Gasteiger charge is 2.73. The van der Waals surface area contributed by atoms with E-state index in [1.54, 1.807) is 4.90 Å². The van der Waals surface area contributed by atoms with E-state index in [9.17, 15) is 4.79 Å². The lowest BCUT2D eigenvalue weighted by Gasteiger charge is -2.27. The third-order valence-electron chi connectivity index (χ3n) is 4.32. The van der Waals surface area contributed by atoms with Gasteiger partial charge in [0.15, 0.2) is 6.23 Å². The van der Waals surface area contributed by atoms with Crippen LogP contribution >= 0.6 is 0 Å². The number of amides is 1. The van der Waals surface area contributed by atoms with Crippen LogP contribution in [-0.2, 0) is 9.53 Å². The van der Waals surface area contributed by atoms with E-state index >= 15 is 0 Å². The lowest BCUT2D eigenvalue weighted by Crippen LogP contribution is -2.37. The van der Waals surface area contributed by atoms with Gasteiger partial charge in [-0.15, -0.1) is 0 Å². The highest BCUT2D eigenvalue weighted by molar-refractivity contribution is 5.87. The Morgan fingerprint density at radius 3 is 2.89 bits per heavy atom. The van der Waals surface area contributed by atoms with E-state index in [2.05, 4.69) is 0 Å². The first kappa shape index (κ1) is 6.20. The number of carbonyl (C=O) groups excluding carboxylic acids is 1. The van der Waals surface area contributed by atoms with Crippen molar-refractivity contribution in [3.63, 3.8) is 0 Å². The Hall–Kier alpha value is -1.35. The van der Waals surface area contributed by atoms with Crippen LogP contribution in [0.1, 0.15) is 33.7 Å². The summed E-state index contributed by atoms with van der Waals surface area (Å²) in [5.41, 5.74) is -1.13. The Bertz CT molecular complexity index is 671. The standard InChI is InChI=1S/C15H17NO2/c1-15(2)11-10-8-18-14(9-6-4-3-5-7-9)16(10)13(17)12(11)15/h3-7,10-12,14H,8H2,1-2H3/t10-,11?,12-,14-/m1/s1/i1D3,2D3. The molecule has 4 rings (SSSR count). The molecule has 0 radical (unpaired) electrons. The summed E-state index contributed by atoms with van der Waals surface area (Å²) in [6.07, 6.45) is -0.567. The number of piperidine rings is 1. The number of nitrogens with zero attached hydrogens (tertiary/aromatic N) is 1. The molecule has 0 spiro atoms. The van der Waals surface area contributed by atoms with Crippen molar-refractivity contribution in [1.82, 2.24) is 4.90 Å². The van der Waals surface area contributed by atoms with Crippen molar-refractivity contribution in [2.45, 2.75) is 26.0 Å². The topological polar surface area (TPSA) is 29.5 Å². The van der Waals surface area contributed by atoms with Crippen LogP contribution in [-0.4, -0.2) is 23.5 Å². The van der Waals surface area contributed by atoms with E-state index in [1.165, 1.54) is 0 Å². The summed E-state index contributed by atoms with van der Waals surface area (Å²) in [5.74, 6) is -2.10. The monoisotopic (exact) mass is 249 g/mol. The van der Waals surface area contributed by atoms with E-state index in [0.29, 0.717) is 0 Å². The number of carbonyl (C=O) groups is 1. The maximum absolute atomic E-state index is 12.9. The first-order valence-electron chi connectivity index (χ1n) is 9.11. The molecule has 4 atom stereocenters. The summed E-state index contributed by atoms with van der Waals surface area (Å²) in [6.45, 7) is -5.25. The zero-order valence-corrected chi connectivity index (χ0v) is 9.67. The van der Waals surface area contributed by atoms with Crippen LogP contribution < -0.4 is 0 Å². The van der Waals surface area contributed by atoms with E-state index < -0.39 is 49.1 Å². The number of hydrogen-bond acceptors (Lipinski definition) is 2. The van der Waals surface area contributed by atoms with Gasteiger partial charge in [0.05, 0.1) is 12.6 Å². The molecule has 1 unspecified atom stereocenters. The first-order chi connectivity index (χ1) is 11.1. The fourth-order valence-electron chi connectivity index (χ4n) is 3.40. The summed E-state index contributed by atoms with van der Waals surface area (Å²) < 4.78 is 52.3. The summed E-state index contributed by atoms with van der Waals surface area (Å²) in [6, 6.07) is 8.71. The van der Waals surface area contributed by atoms with Gasteiger partial charge in [0.1, 0.15) is 0 Å². The minimum atomic E-state index is -2.71. The van der Waals surface area contributed by atoms with Gasteiger partial charge in [-0.1, -0.05) is 44.0 Å². The highest BCUT2D eigenvalue weighted by Crippen LogP contribution is 2.67. The molecule has 3 heteroatoms. The molecule has 18 heavy (non-hydrogen) atoms. The molecule has 2 aliphatic heterocycles. The Labute approximate surface area is 115 Å². The van der Waals surface area contributed by atoms with E-state index in [4.69, 9.17) is 13.0 Å². The van der Waals surface area contributed by atoms with Crippen molar-refractivity contribution < 1.29 is 17.8 Å². The van der Waals surface area contributed by atoms with Gasteiger partial charge in [-0.3, -0.25) is 4.79 Å². The summed E-state index contributed by atoms with van der Waals surface area (Å²) in [5, 5.41) is 0. The number of hydrogen-bond donors (Lipinski definition) is 0. The molecule has 1 amide bonds. The zero-order valence-electron chi connectivity index (χ0n) is 15.7. The van der Waals surface area contributed by atoms with Crippen molar-refractivity contribution in [2.24, 2.45) is 17.3 Å². The predicted octanol–water partition coefficient (Wildman–Crippen LogP) is 2.20. The second kappa shape index (κ2) is 3.15. The maximum Gasteiger partial charge on any atom is 0.229 e. The SMILES string of the molecule is [2H]C([2H])([2H])C1(C([2H])([2H])[2H])C2[C@H]3CO[C@H](c4ccccc4)N3C(=O)[C@@H]21. The minimum Gasteiger partial charge on any atom is -0.352 e. The largest absolute Gasteiger partial charge is 0.352 e. The summed E-state index contributed by atoms with van der Waals surface area (Å²) in [7, 11) is 0. The molecule has 0 aromatic heterocycles. The molecule has 2 heterocycles. The second-order valence-corrected chi connectivity index (χ2v) is 5.28. The zero-order chi connectivity index (χ0) is 17.5. The van der Waals surface area contributed by atoms with Crippen LogP contribution in [0.5, 0.6) is 0 Å². The smallest absolute Gasteiger partial charge is 0.229 e. The first-order valence-corrected chi connectivity index (χ1v) is 6.11. The van der Waals surface area contributed by atoms with Gasteiger partial charge >= 0.3 is 0 Å². The lowest BCUT2D eigenvalue weighted by atomic mass is 10.0. The predicted molar refractivity (Wildman–Crippen MR) is 66.5 cm³/mol. The van der Waals surface area contributed by atoms with Gasteiger partial charge in [-0.25, -0.2) is 0 Å². The van der Waals surface area contributed by atoms with Crippen LogP contribution in [0.15, 0.2) is 30.3 Å². The second-order valence-electron chi connectivity index (χ2n) is 5.28. The Morgan fingerprint density at radius 1 is 1.39 bits per heavy atom. The van der Waals surface area contributed by atoms with Crippen molar-refractivity contribution >= 4 is 5.91 Å². The summed E-state index contributed by atoms with van der Waals surface area (Å²) >= 11 is 0. The third kappa shape index (κ3) is 1.11. The van der Waals surface area contributed by atoms with Gasteiger partial charge in [0.25, 0.3) is 0 Å². The van der Waals surface area contributed by atoms with Crippen LogP contribution in [0.4, 0.5) is 0 Å². The quantitative estimate of drug-likeness (QED) is 0.763. The molecule has 1 saturated carbocycles. The maximum atomic E-state index is 12.9. The van der Waals surface area contributed by atoms with Crippen LogP contribution in [0.3, 0.4) is 0 Å². The lowest BCUT2D eigenvalue weighted by molar-refractivity contribution is -0.137. The summed E-state index contributed by atoms with van der Waals surface area (Å²) in [4.78, 5) is 14.4. The third-order valence-corrected chi connectivity index (χ3v) is 4.32. The Morgan fingerprint density at radius 2 is 2.17 bits per heavy atom. The van der Waals surface area contributed by atoms with Gasteiger partial charge < -0.3 is 9.64 Å². The molecule has 0 N–H and O–H groups in total. The average molecular weight is 249 g/mol. The van der Waals surface area contributed by atoms with Crippen molar-refractivity contribution in [1.29, 1.82) is 0 Å². The van der Waals surface area contributed by atoms with Crippen LogP contribution in [0.25, 0.3) is 0 Å². The number of ether oxygens (including phenoxy) is 1. The van der Waals surface area contributed by atoms with Gasteiger partial charge in [0.2, 0.25) is 5.91 Å². The normalized spacial score (nSPS) is 46.0. The van der Waals surface area contributed by atoms with E-state index in [0.717, 1.165) is 5.56 Å². The molecule has 3 fully saturated rings. The minimum absolute atomic E-state index is 0.167.